The molecule has 0 saturated heterocycles. The van der Waals surface area contributed by atoms with Crippen molar-refractivity contribution >= 4 is 5.97 Å². The number of carbonyl (C=O) groups excluding carboxylic acids is 1. The average Bonchev–Trinajstić information content (AvgIpc) is 2.30. The highest BCUT2D eigenvalue weighted by atomic mass is 16.5. The SMILES string of the molecule is CCOC(=O)C=COCCc1ccccc1. The van der Waals surface area contributed by atoms with Gasteiger partial charge in [-0.3, -0.25) is 0 Å². The van der Waals surface area contributed by atoms with E-state index in [0.29, 0.717) is 13.2 Å². The zero-order valence-electron chi connectivity index (χ0n) is 9.39. The van der Waals surface area contributed by atoms with Crippen LogP contribution >= 0.6 is 0 Å². The third kappa shape index (κ3) is 5.20. The molecule has 0 bridgehead atoms. The highest BCUT2D eigenvalue weighted by molar-refractivity contribution is 5.81. The third-order valence-electron chi connectivity index (χ3n) is 1.94. The minimum atomic E-state index is -0.373. The summed E-state index contributed by atoms with van der Waals surface area (Å²) in [5, 5.41) is 0. The van der Waals surface area contributed by atoms with E-state index in [1.807, 2.05) is 30.3 Å². The zero-order chi connectivity index (χ0) is 11.6. The normalized spacial score (nSPS) is 10.3. The van der Waals surface area contributed by atoms with Crippen molar-refractivity contribution in [2.24, 2.45) is 0 Å². The van der Waals surface area contributed by atoms with Crippen molar-refractivity contribution in [1.29, 1.82) is 0 Å². The minimum Gasteiger partial charge on any atom is -0.501 e. The minimum absolute atomic E-state index is 0.373. The van der Waals surface area contributed by atoms with E-state index in [1.165, 1.54) is 17.9 Å². The molecule has 0 saturated carbocycles. The lowest BCUT2D eigenvalue weighted by Gasteiger charge is -2.01. The van der Waals surface area contributed by atoms with Crippen molar-refractivity contribution in [1.82, 2.24) is 0 Å². The van der Waals surface area contributed by atoms with Gasteiger partial charge in [0, 0.05) is 6.42 Å². The van der Waals surface area contributed by atoms with E-state index in [4.69, 9.17) is 9.47 Å². The van der Waals surface area contributed by atoms with Crippen molar-refractivity contribution < 1.29 is 14.3 Å². The Bertz CT molecular complexity index is 330. The van der Waals surface area contributed by atoms with Gasteiger partial charge in [0.05, 0.1) is 25.6 Å². The van der Waals surface area contributed by atoms with E-state index >= 15 is 0 Å². The summed E-state index contributed by atoms with van der Waals surface area (Å²) in [7, 11) is 0. The molecule has 0 aromatic heterocycles. The Morgan fingerprint density at radius 1 is 1.31 bits per heavy atom. The average molecular weight is 220 g/mol. The Balaban J connectivity index is 2.15. The van der Waals surface area contributed by atoms with E-state index in [-0.39, 0.29) is 5.97 Å². The second-order valence-corrected chi connectivity index (χ2v) is 3.16. The molecule has 3 heteroatoms. The largest absolute Gasteiger partial charge is 0.501 e. The molecule has 3 nitrogen and oxygen atoms in total. The first kappa shape index (κ1) is 12.3. The van der Waals surface area contributed by atoms with Gasteiger partial charge in [-0.2, -0.15) is 0 Å². The van der Waals surface area contributed by atoms with Crippen LogP contribution in [-0.2, 0) is 20.7 Å². The van der Waals surface area contributed by atoms with E-state index in [0.717, 1.165) is 6.42 Å². The van der Waals surface area contributed by atoms with E-state index in [1.54, 1.807) is 6.92 Å². The summed E-state index contributed by atoms with van der Waals surface area (Å²) in [6.45, 7) is 2.70. The second-order valence-electron chi connectivity index (χ2n) is 3.16. The van der Waals surface area contributed by atoms with Gasteiger partial charge >= 0.3 is 5.97 Å². The highest BCUT2D eigenvalue weighted by Crippen LogP contribution is 1.99. The lowest BCUT2D eigenvalue weighted by molar-refractivity contribution is -0.137. The van der Waals surface area contributed by atoms with Gasteiger partial charge in [0.15, 0.2) is 0 Å². The first-order valence-corrected chi connectivity index (χ1v) is 5.31. The first-order chi connectivity index (χ1) is 7.83. The molecule has 0 aliphatic carbocycles. The fraction of sp³-hybridized carbons (Fsp3) is 0.308. The number of ether oxygens (including phenoxy) is 2. The number of rotatable bonds is 6. The summed E-state index contributed by atoms with van der Waals surface area (Å²) in [5.74, 6) is -0.373. The van der Waals surface area contributed by atoms with E-state index in [9.17, 15) is 4.79 Å². The summed E-state index contributed by atoms with van der Waals surface area (Å²) < 4.78 is 9.87. The summed E-state index contributed by atoms with van der Waals surface area (Å²) >= 11 is 0. The van der Waals surface area contributed by atoms with Crippen molar-refractivity contribution in [3.63, 3.8) is 0 Å². The second kappa shape index (κ2) is 7.51. The number of hydrogen-bond donors (Lipinski definition) is 0. The predicted octanol–water partition coefficient (Wildman–Crippen LogP) is 2.32. The molecule has 0 fully saturated rings. The van der Waals surface area contributed by atoms with Gasteiger partial charge in [0.1, 0.15) is 0 Å². The highest BCUT2D eigenvalue weighted by Gasteiger charge is 1.93. The molecule has 0 radical (unpaired) electrons. The number of benzene rings is 1. The molecular weight excluding hydrogens is 204 g/mol. The van der Waals surface area contributed by atoms with Crippen LogP contribution in [-0.4, -0.2) is 19.2 Å². The molecule has 0 aliphatic rings. The number of esters is 1. The van der Waals surface area contributed by atoms with Gasteiger partial charge < -0.3 is 9.47 Å². The van der Waals surface area contributed by atoms with Crippen LogP contribution in [0, 0.1) is 0 Å². The molecule has 0 unspecified atom stereocenters. The summed E-state index contributed by atoms with van der Waals surface area (Å²) in [4.78, 5) is 10.9. The van der Waals surface area contributed by atoms with Crippen LogP contribution in [0.25, 0.3) is 0 Å². The molecule has 0 heterocycles. The van der Waals surface area contributed by atoms with Gasteiger partial charge in [-0.05, 0) is 12.5 Å². The lowest BCUT2D eigenvalue weighted by atomic mass is 10.2. The van der Waals surface area contributed by atoms with Gasteiger partial charge in [-0.15, -0.1) is 0 Å². The standard InChI is InChI=1S/C13H16O3/c1-2-16-13(14)9-11-15-10-8-12-6-4-3-5-7-12/h3-7,9,11H,2,8,10H2,1H3. The lowest BCUT2D eigenvalue weighted by Crippen LogP contribution is -2.00. The van der Waals surface area contributed by atoms with E-state index in [2.05, 4.69) is 0 Å². The molecule has 0 atom stereocenters. The molecule has 1 rings (SSSR count). The quantitative estimate of drug-likeness (QED) is 0.319. The van der Waals surface area contributed by atoms with Crippen LogP contribution in [0.15, 0.2) is 42.7 Å². The third-order valence-corrected chi connectivity index (χ3v) is 1.94. The van der Waals surface area contributed by atoms with Gasteiger partial charge in [-0.25, -0.2) is 4.79 Å². The fourth-order valence-corrected chi connectivity index (χ4v) is 1.18. The van der Waals surface area contributed by atoms with Crippen LogP contribution in [0.5, 0.6) is 0 Å². The van der Waals surface area contributed by atoms with Crippen LogP contribution in [0.4, 0.5) is 0 Å². The summed E-state index contributed by atoms with van der Waals surface area (Å²) in [5.41, 5.74) is 1.21. The molecular formula is C13H16O3. The monoisotopic (exact) mass is 220 g/mol. The van der Waals surface area contributed by atoms with Crippen molar-refractivity contribution in [2.75, 3.05) is 13.2 Å². The van der Waals surface area contributed by atoms with Crippen LogP contribution in [0.1, 0.15) is 12.5 Å². The van der Waals surface area contributed by atoms with E-state index < -0.39 is 0 Å². The van der Waals surface area contributed by atoms with Crippen molar-refractivity contribution in [3.8, 4) is 0 Å². The molecule has 0 amide bonds. The van der Waals surface area contributed by atoms with Crippen LogP contribution < -0.4 is 0 Å². The van der Waals surface area contributed by atoms with Crippen LogP contribution in [0.2, 0.25) is 0 Å². The Kier molecular flexibility index (Phi) is 5.78. The Hall–Kier alpha value is -1.77. The molecule has 0 spiro atoms. The maximum absolute atomic E-state index is 10.9. The molecule has 1 aromatic rings. The fourth-order valence-electron chi connectivity index (χ4n) is 1.18. The first-order valence-electron chi connectivity index (χ1n) is 5.31. The Labute approximate surface area is 95.7 Å². The maximum Gasteiger partial charge on any atom is 0.333 e. The Morgan fingerprint density at radius 2 is 2.06 bits per heavy atom. The smallest absolute Gasteiger partial charge is 0.333 e. The molecule has 1 aromatic carbocycles. The molecule has 16 heavy (non-hydrogen) atoms. The molecule has 0 aliphatic heterocycles. The molecule has 86 valence electrons. The topological polar surface area (TPSA) is 35.5 Å². The molecule has 0 N–H and O–H groups in total. The number of hydrogen-bond acceptors (Lipinski definition) is 3. The van der Waals surface area contributed by atoms with Crippen molar-refractivity contribution in [3.05, 3.63) is 48.2 Å². The van der Waals surface area contributed by atoms with Gasteiger partial charge in [-0.1, -0.05) is 30.3 Å². The van der Waals surface area contributed by atoms with Crippen molar-refractivity contribution in [2.45, 2.75) is 13.3 Å². The zero-order valence-corrected chi connectivity index (χ0v) is 9.39. The van der Waals surface area contributed by atoms with Crippen LogP contribution in [0.3, 0.4) is 0 Å². The summed E-state index contributed by atoms with van der Waals surface area (Å²) in [6.07, 6.45) is 3.49. The Morgan fingerprint density at radius 3 is 2.75 bits per heavy atom. The summed E-state index contributed by atoms with van der Waals surface area (Å²) in [6, 6.07) is 10.0. The van der Waals surface area contributed by atoms with Gasteiger partial charge in [0.25, 0.3) is 0 Å². The maximum atomic E-state index is 10.9. The predicted molar refractivity (Wildman–Crippen MR) is 61.9 cm³/mol. The van der Waals surface area contributed by atoms with Gasteiger partial charge in [0.2, 0.25) is 0 Å². The number of carbonyl (C=O) groups is 1.